The molecule has 0 radical (unpaired) electrons. The number of allylic oxidation sites excluding steroid dienone is 7. The van der Waals surface area contributed by atoms with E-state index in [-0.39, 0.29) is 19.1 Å². The van der Waals surface area contributed by atoms with Crippen LogP contribution in [0.1, 0.15) is 251 Å². The van der Waals surface area contributed by atoms with Crippen LogP contribution < -0.4 is 5.32 Å². The number of phosphoric ester groups is 1. The molecule has 3 atom stereocenters. The molecular formula is C56H108N2O6P+. The summed E-state index contributed by atoms with van der Waals surface area (Å²) in [5, 5.41) is 13.9. The number of quaternary nitrogens is 1. The average molecular weight is 936 g/mol. The molecule has 0 bridgehead atoms. The molecule has 9 heteroatoms. The van der Waals surface area contributed by atoms with Gasteiger partial charge in [0, 0.05) is 6.42 Å². The van der Waals surface area contributed by atoms with E-state index in [1.165, 1.54) is 154 Å². The van der Waals surface area contributed by atoms with Crippen LogP contribution in [0.2, 0.25) is 0 Å². The van der Waals surface area contributed by atoms with Crippen molar-refractivity contribution in [2.75, 3.05) is 40.9 Å². The fourth-order valence-electron chi connectivity index (χ4n) is 8.00. The zero-order valence-electron chi connectivity index (χ0n) is 43.5. The van der Waals surface area contributed by atoms with Crippen molar-refractivity contribution < 1.29 is 32.9 Å². The standard InChI is InChI=1S/C56H107N2O6P/c1-6-8-10-12-14-16-18-20-22-23-24-25-26-27-28-29-30-31-32-33-34-36-37-39-41-43-45-47-49-55(59)54(53-64-65(61,62)63-52-51-58(3,4)5)57-56(60)50-48-46-44-42-40-38-35-21-19-17-15-13-11-9-7-2/h9,11,15,17,21,35,47,49,54-55,59H,6-8,10,12-14,16,18-20,22-34,36-46,48,50-53H2,1-5H3,(H-,57,60,61,62)/p+1/b11-9-,17-15-,35-21-,49-47+. The van der Waals surface area contributed by atoms with Crippen molar-refractivity contribution in [3.05, 3.63) is 48.6 Å². The summed E-state index contributed by atoms with van der Waals surface area (Å²) in [5.74, 6) is -0.193. The van der Waals surface area contributed by atoms with E-state index in [0.717, 1.165) is 77.0 Å². The molecule has 3 N–H and O–H groups in total. The maximum atomic E-state index is 12.9. The number of unbranched alkanes of at least 4 members (excludes halogenated alkanes) is 31. The van der Waals surface area contributed by atoms with Crippen molar-refractivity contribution in [1.82, 2.24) is 5.32 Å². The monoisotopic (exact) mass is 936 g/mol. The van der Waals surface area contributed by atoms with Crippen LogP contribution in [0, 0.1) is 0 Å². The number of aliphatic hydroxyl groups excluding tert-OH is 1. The highest BCUT2D eigenvalue weighted by atomic mass is 31.2. The van der Waals surface area contributed by atoms with Crippen LogP contribution in [-0.2, 0) is 18.4 Å². The summed E-state index contributed by atoms with van der Waals surface area (Å²) in [6.07, 6.45) is 62.2. The van der Waals surface area contributed by atoms with Gasteiger partial charge < -0.3 is 19.8 Å². The third-order valence-corrected chi connectivity index (χ3v) is 13.3. The number of nitrogens with one attached hydrogen (secondary N) is 1. The van der Waals surface area contributed by atoms with Crippen LogP contribution in [0.3, 0.4) is 0 Å². The maximum Gasteiger partial charge on any atom is 0.472 e. The van der Waals surface area contributed by atoms with Crippen molar-refractivity contribution in [1.29, 1.82) is 0 Å². The van der Waals surface area contributed by atoms with E-state index < -0.39 is 20.0 Å². The summed E-state index contributed by atoms with van der Waals surface area (Å²) in [4.78, 5) is 23.2. The highest BCUT2D eigenvalue weighted by Gasteiger charge is 2.27. The first kappa shape index (κ1) is 63.5. The Hall–Kier alpha value is -1.54. The molecule has 0 heterocycles. The van der Waals surface area contributed by atoms with Gasteiger partial charge in [-0.25, -0.2) is 4.57 Å². The number of likely N-dealkylation sites (N-methyl/N-ethyl adjacent to an activating group) is 1. The van der Waals surface area contributed by atoms with Crippen LogP contribution in [0.4, 0.5) is 0 Å². The van der Waals surface area contributed by atoms with Gasteiger partial charge in [-0.1, -0.05) is 242 Å². The number of aliphatic hydroxyl groups is 1. The second-order valence-corrected chi connectivity index (χ2v) is 21.4. The molecular weight excluding hydrogens is 828 g/mol. The number of hydrogen-bond donors (Lipinski definition) is 3. The summed E-state index contributed by atoms with van der Waals surface area (Å²) in [6.45, 7) is 4.71. The quantitative estimate of drug-likeness (QED) is 0.0243. The van der Waals surface area contributed by atoms with Crippen molar-refractivity contribution in [3.63, 3.8) is 0 Å². The number of phosphoric acid groups is 1. The summed E-state index contributed by atoms with van der Waals surface area (Å²) < 4.78 is 23.7. The Morgan fingerprint density at radius 2 is 0.923 bits per heavy atom. The lowest BCUT2D eigenvalue weighted by molar-refractivity contribution is -0.870. The van der Waals surface area contributed by atoms with Gasteiger partial charge in [-0.3, -0.25) is 13.8 Å². The second kappa shape index (κ2) is 47.5. The third-order valence-electron chi connectivity index (χ3n) is 12.3. The lowest BCUT2D eigenvalue weighted by Crippen LogP contribution is -2.45. The normalized spacial score (nSPS) is 14.4. The van der Waals surface area contributed by atoms with Gasteiger partial charge in [0.25, 0.3) is 0 Å². The maximum absolute atomic E-state index is 12.9. The third kappa shape index (κ3) is 50.2. The highest BCUT2D eigenvalue weighted by molar-refractivity contribution is 7.47. The molecule has 0 spiro atoms. The molecule has 0 fully saturated rings. The lowest BCUT2D eigenvalue weighted by Gasteiger charge is -2.25. The van der Waals surface area contributed by atoms with Gasteiger partial charge in [-0.15, -0.1) is 0 Å². The van der Waals surface area contributed by atoms with Crippen LogP contribution in [0.5, 0.6) is 0 Å². The van der Waals surface area contributed by atoms with Gasteiger partial charge in [-0.05, 0) is 51.4 Å². The van der Waals surface area contributed by atoms with Gasteiger partial charge in [0.15, 0.2) is 0 Å². The van der Waals surface area contributed by atoms with Crippen molar-refractivity contribution in [3.8, 4) is 0 Å². The Labute approximate surface area is 403 Å². The van der Waals surface area contributed by atoms with E-state index in [9.17, 15) is 19.4 Å². The van der Waals surface area contributed by atoms with E-state index in [1.807, 2.05) is 27.2 Å². The summed E-state index contributed by atoms with van der Waals surface area (Å²) >= 11 is 0. The summed E-state index contributed by atoms with van der Waals surface area (Å²) in [7, 11) is 1.56. The first-order valence-electron chi connectivity index (χ1n) is 27.5. The molecule has 382 valence electrons. The Kier molecular flexibility index (Phi) is 46.4. The van der Waals surface area contributed by atoms with Gasteiger partial charge in [0.1, 0.15) is 13.2 Å². The number of carbonyl (C=O) groups is 1. The second-order valence-electron chi connectivity index (χ2n) is 19.9. The van der Waals surface area contributed by atoms with Crippen molar-refractivity contribution in [2.24, 2.45) is 0 Å². The summed E-state index contributed by atoms with van der Waals surface area (Å²) in [6, 6.07) is -0.857. The van der Waals surface area contributed by atoms with Gasteiger partial charge in [0.2, 0.25) is 5.91 Å². The molecule has 0 saturated heterocycles. The topological polar surface area (TPSA) is 105 Å². The molecule has 0 aliphatic carbocycles. The number of carbonyl (C=O) groups excluding carboxylic acids is 1. The fraction of sp³-hybridized carbons (Fsp3) is 0.839. The van der Waals surface area contributed by atoms with Crippen molar-refractivity contribution >= 4 is 13.7 Å². The zero-order valence-corrected chi connectivity index (χ0v) is 44.4. The molecule has 8 nitrogen and oxygen atoms in total. The number of hydrogen-bond acceptors (Lipinski definition) is 5. The van der Waals surface area contributed by atoms with Crippen LogP contribution in [-0.4, -0.2) is 73.4 Å². The molecule has 0 saturated carbocycles. The molecule has 1 amide bonds. The molecule has 0 rings (SSSR count). The van der Waals surface area contributed by atoms with Gasteiger partial charge in [-0.2, -0.15) is 0 Å². The van der Waals surface area contributed by atoms with Crippen LogP contribution in [0.15, 0.2) is 48.6 Å². The largest absolute Gasteiger partial charge is 0.472 e. The SMILES string of the molecule is CC/C=C\C/C=C\C/C=C\CCCCCCCC(=O)NC(COP(=O)(O)OCC[N+](C)(C)C)C(O)/C=C/CCCCCCCCCCCCCCCCCCCCCCCCCCCC. The van der Waals surface area contributed by atoms with Gasteiger partial charge >= 0.3 is 7.82 Å². The minimum absolute atomic E-state index is 0.0568. The molecule has 0 aliphatic heterocycles. The Bertz CT molecular complexity index is 1200. The van der Waals surface area contributed by atoms with Crippen LogP contribution in [0.25, 0.3) is 0 Å². The minimum Gasteiger partial charge on any atom is -0.387 e. The fourth-order valence-corrected chi connectivity index (χ4v) is 8.73. The van der Waals surface area contributed by atoms with Crippen molar-refractivity contribution in [2.45, 2.75) is 264 Å². The Morgan fingerprint density at radius 3 is 1.35 bits per heavy atom. The molecule has 3 unspecified atom stereocenters. The summed E-state index contributed by atoms with van der Waals surface area (Å²) in [5.41, 5.74) is 0. The van der Waals surface area contributed by atoms with Crippen LogP contribution >= 0.6 is 7.82 Å². The van der Waals surface area contributed by atoms with E-state index >= 15 is 0 Å². The highest BCUT2D eigenvalue weighted by Crippen LogP contribution is 2.43. The molecule has 0 aromatic carbocycles. The Morgan fingerprint density at radius 1 is 0.538 bits per heavy atom. The molecule has 65 heavy (non-hydrogen) atoms. The zero-order chi connectivity index (χ0) is 47.8. The first-order valence-corrected chi connectivity index (χ1v) is 29.0. The predicted molar refractivity (Wildman–Crippen MR) is 281 cm³/mol. The number of nitrogens with zero attached hydrogens (tertiary/aromatic N) is 1. The number of amides is 1. The smallest absolute Gasteiger partial charge is 0.387 e. The average Bonchev–Trinajstić information content (AvgIpc) is 3.26. The molecule has 0 aliphatic rings. The van der Waals surface area contributed by atoms with E-state index in [2.05, 4.69) is 55.6 Å². The van der Waals surface area contributed by atoms with E-state index in [4.69, 9.17) is 9.05 Å². The number of rotatable bonds is 50. The Balaban J connectivity index is 4.18. The lowest BCUT2D eigenvalue weighted by atomic mass is 10.0. The molecule has 0 aromatic rings. The van der Waals surface area contributed by atoms with Gasteiger partial charge in [0.05, 0.1) is 39.9 Å². The van der Waals surface area contributed by atoms with E-state index in [0.29, 0.717) is 17.4 Å². The predicted octanol–water partition coefficient (Wildman–Crippen LogP) is 16.4. The van der Waals surface area contributed by atoms with E-state index in [1.54, 1.807) is 6.08 Å². The molecule has 0 aromatic heterocycles. The first-order chi connectivity index (χ1) is 31.5. The minimum atomic E-state index is -4.35.